The van der Waals surface area contributed by atoms with E-state index in [-0.39, 0.29) is 30.3 Å². The summed E-state index contributed by atoms with van der Waals surface area (Å²) < 4.78 is 26.1. The Morgan fingerprint density at radius 1 is 1.22 bits per heavy atom. The highest BCUT2D eigenvalue weighted by atomic mass is 19.1. The Bertz CT molecular complexity index is 1080. The molecule has 2 aromatic rings. The van der Waals surface area contributed by atoms with Gasteiger partial charge in [0.2, 0.25) is 5.88 Å². The third kappa shape index (κ3) is 6.07. The summed E-state index contributed by atoms with van der Waals surface area (Å²) in [4.78, 5) is 21.5. The van der Waals surface area contributed by atoms with E-state index in [4.69, 9.17) is 9.47 Å². The molecule has 2 N–H and O–H groups in total. The lowest BCUT2D eigenvalue weighted by molar-refractivity contribution is 0.122. The Kier molecular flexibility index (Phi) is 8.00. The van der Waals surface area contributed by atoms with Crippen LogP contribution in [0.1, 0.15) is 32.8 Å². The standard InChI is InChI=1S/C27H37FN4O4/c1-18-13-22(28)23(29-26(34)32-6-5-20(17-32)27(2,3)4)16-21(18)19-14-24(31-7-10-35-11-8-31)30-25(15-19)36-12-9-33/h13-16,20,33H,5-12,17H2,1-4H3,(H,29,34). The summed E-state index contributed by atoms with van der Waals surface area (Å²) in [5, 5.41) is 12.0. The van der Waals surface area contributed by atoms with Crippen LogP contribution in [0.2, 0.25) is 0 Å². The van der Waals surface area contributed by atoms with E-state index in [0.717, 1.165) is 28.9 Å². The lowest BCUT2D eigenvalue weighted by Crippen LogP contribution is -2.36. The normalized spacial score (nSPS) is 18.4. The number of hydrogen-bond donors (Lipinski definition) is 2. The minimum atomic E-state index is -0.476. The number of amides is 2. The van der Waals surface area contributed by atoms with Crippen LogP contribution in [0, 0.1) is 24.1 Å². The number of urea groups is 1. The molecule has 1 atom stereocenters. The predicted octanol–water partition coefficient (Wildman–Crippen LogP) is 4.30. The summed E-state index contributed by atoms with van der Waals surface area (Å²) in [5.41, 5.74) is 2.55. The van der Waals surface area contributed by atoms with Crippen molar-refractivity contribution in [3.05, 3.63) is 35.6 Å². The molecular formula is C27H37FN4O4. The Hall–Kier alpha value is -2.91. The quantitative estimate of drug-likeness (QED) is 0.615. The van der Waals surface area contributed by atoms with Crippen LogP contribution >= 0.6 is 0 Å². The summed E-state index contributed by atoms with van der Waals surface area (Å²) >= 11 is 0. The van der Waals surface area contributed by atoms with Crippen LogP contribution in [-0.2, 0) is 4.74 Å². The van der Waals surface area contributed by atoms with Gasteiger partial charge in [0.1, 0.15) is 18.2 Å². The highest BCUT2D eigenvalue weighted by molar-refractivity contribution is 5.91. The van der Waals surface area contributed by atoms with Gasteiger partial charge in [-0.2, -0.15) is 4.98 Å². The molecule has 2 amide bonds. The number of halogens is 1. The maximum Gasteiger partial charge on any atom is 0.321 e. The summed E-state index contributed by atoms with van der Waals surface area (Å²) in [6, 6.07) is 6.55. The van der Waals surface area contributed by atoms with Crippen molar-refractivity contribution in [2.45, 2.75) is 34.1 Å². The molecule has 4 rings (SSSR count). The van der Waals surface area contributed by atoms with Crippen LogP contribution in [0.25, 0.3) is 11.1 Å². The molecule has 1 unspecified atom stereocenters. The number of aliphatic hydroxyl groups excluding tert-OH is 1. The van der Waals surface area contributed by atoms with E-state index < -0.39 is 5.82 Å². The molecule has 0 aliphatic carbocycles. The molecular weight excluding hydrogens is 463 g/mol. The van der Waals surface area contributed by atoms with E-state index in [1.807, 2.05) is 13.0 Å². The zero-order valence-corrected chi connectivity index (χ0v) is 21.6. The molecule has 1 aromatic carbocycles. The second kappa shape index (κ2) is 11.0. The monoisotopic (exact) mass is 500 g/mol. The minimum Gasteiger partial charge on any atom is -0.475 e. The van der Waals surface area contributed by atoms with Crippen LogP contribution in [-0.4, -0.2) is 73.6 Å². The van der Waals surface area contributed by atoms with Crippen LogP contribution in [0.15, 0.2) is 24.3 Å². The molecule has 0 spiro atoms. The highest BCUT2D eigenvalue weighted by Gasteiger charge is 2.34. The fraction of sp³-hybridized carbons (Fsp3) is 0.556. The number of carbonyl (C=O) groups excluding carboxylic acids is 1. The number of benzene rings is 1. The first kappa shape index (κ1) is 26.2. The zero-order valence-electron chi connectivity index (χ0n) is 21.6. The molecule has 2 saturated heterocycles. The first-order valence-corrected chi connectivity index (χ1v) is 12.6. The van der Waals surface area contributed by atoms with Gasteiger partial charge in [0.25, 0.3) is 0 Å². The highest BCUT2D eigenvalue weighted by Crippen LogP contribution is 2.35. The second-order valence-electron chi connectivity index (χ2n) is 10.6. The molecule has 2 fully saturated rings. The average molecular weight is 501 g/mol. The number of pyridine rings is 1. The van der Waals surface area contributed by atoms with Gasteiger partial charge in [-0.25, -0.2) is 9.18 Å². The number of aromatic nitrogens is 1. The molecule has 2 aliphatic heterocycles. The maximum absolute atomic E-state index is 15.0. The molecule has 2 aliphatic rings. The van der Waals surface area contributed by atoms with E-state index in [1.54, 1.807) is 17.0 Å². The van der Waals surface area contributed by atoms with Gasteiger partial charge in [-0.3, -0.25) is 0 Å². The van der Waals surface area contributed by atoms with Gasteiger partial charge in [-0.05, 0) is 59.6 Å². The van der Waals surface area contributed by atoms with Gasteiger partial charge in [0.05, 0.1) is 25.5 Å². The van der Waals surface area contributed by atoms with Crippen molar-refractivity contribution in [3.8, 4) is 17.0 Å². The van der Waals surface area contributed by atoms with Crippen molar-refractivity contribution < 1.29 is 23.8 Å². The van der Waals surface area contributed by atoms with E-state index >= 15 is 0 Å². The van der Waals surface area contributed by atoms with Gasteiger partial charge in [-0.1, -0.05) is 20.8 Å². The van der Waals surface area contributed by atoms with E-state index in [1.165, 1.54) is 6.07 Å². The minimum absolute atomic E-state index is 0.118. The second-order valence-corrected chi connectivity index (χ2v) is 10.6. The maximum atomic E-state index is 15.0. The number of aryl methyl sites for hydroxylation is 1. The third-order valence-electron chi connectivity index (χ3n) is 7.03. The lowest BCUT2D eigenvalue weighted by atomic mass is 9.80. The number of rotatable bonds is 6. The molecule has 8 nitrogen and oxygen atoms in total. The fourth-order valence-electron chi connectivity index (χ4n) is 4.75. The lowest BCUT2D eigenvalue weighted by Gasteiger charge is -2.28. The van der Waals surface area contributed by atoms with Crippen molar-refractivity contribution in [1.82, 2.24) is 9.88 Å². The molecule has 1 aromatic heterocycles. The number of carbonyl (C=O) groups is 1. The predicted molar refractivity (Wildman–Crippen MR) is 138 cm³/mol. The summed E-state index contributed by atoms with van der Waals surface area (Å²) in [5.74, 6) is 1.04. The Morgan fingerprint density at radius 3 is 2.64 bits per heavy atom. The van der Waals surface area contributed by atoms with Gasteiger partial charge in [-0.15, -0.1) is 0 Å². The number of likely N-dealkylation sites (tertiary alicyclic amines) is 1. The Labute approximate surface area is 212 Å². The van der Waals surface area contributed by atoms with Crippen LogP contribution < -0.4 is 15.0 Å². The van der Waals surface area contributed by atoms with Gasteiger partial charge < -0.3 is 29.7 Å². The molecule has 9 heteroatoms. The van der Waals surface area contributed by atoms with E-state index in [9.17, 15) is 14.3 Å². The van der Waals surface area contributed by atoms with Crippen molar-refractivity contribution in [3.63, 3.8) is 0 Å². The molecule has 196 valence electrons. The first-order valence-electron chi connectivity index (χ1n) is 12.6. The molecule has 0 saturated carbocycles. The third-order valence-corrected chi connectivity index (χ3v) is 7.03. The largest absolute Gasteiger partial charge is 0.475 e. The molecule has 3 heterocycles. The summed E-state index contributed by atoms with van der Waals surface area (Å²) in [7, 11) is 0. The fourth-order valence-corrected chi connectivity index (χ4v) is 4.75. The molecule has 0 radical (unpaired) electrons. The zero-order chi connectivity index (χ0) is 25.9. The van der Waals surface area contributed by atoms with Gasteiger partial charge in [0.15, 0.2) is 0 Å². The van der Waals surface area contributed by atoms with Crippen LogP contribution in [0.4, 0.5) is 20.7 Å². The SMILES string of the molecule is Cc1cc(F)c(NC(=O)N2CCC(C(C)(C)C)C2)cc1-c1cc(OCCO)nc(N2CCOCC2)c1. The summed E-state index contributed by atoms with van der Waals surface area (Å²) in [6.07, 6.45) is 0.941. The number of ether oxygens (including phenoxy) is 2. The van der Waals surface area contributed by atoms with Crippen molar-refractivity contribution in [2.75, 3.05) is 62.8 Å². The number of hydrogen-bond acceptors (Lipinski definition) is 6. The first-order chi connectivity index (χ1) is 17.2. The van der Waals surface area contributed by atoms with Gasteiger partial charge in [0, 0.05) is 32.2 Å². The van der Waals surface area contributed by atoms with Crippen molar-refractivity contribution in [1.29, 1.82) is 0 Å². The van der Waals surface area contributed by atoms with Gasteiger partial charge >= 0.3 is 6.03 Å². The van der Waals surface area contributed by atoms with E-state index in [0.29, 0.717) is 51.2 Å². The number of nitrogens with one attached hydrogen (secondary N) is 1. The topological polar surface area (TPSA) is 87.2 Å². The average Bonchev–Trinajstić information content (AvgIpc) is 3.36. The summed E-state index contributed by atoms with van der Waals surface area (Å²) in [6.45, 7) is 12.3. The molecule has 36 heavy (non-hydrogen) atoms. The smallest absolute Gasteiger partial charge is 0.321 e. The van der Waals surface area contributed by atoms with Crippen molar-refractivity contribution >= 4 is 17.5 Å². The van der Waals surface area contributed by atoms with E-state index in [2.05, 4.69) is 36.0 Å². The number of anilines is 2. The number of aliphatic hydroxyl groups is 1. The number of morpholine rings is 1. The Morgan fingerprint density at radius 2 is 1.97 bits per heavy atom. The Balaban J connectivity index is 1.61. The van der Waals surface area contributed by atoms with Crippen LogP contribution in [0.3, 0.4) is 0 Å². The van der Waals surface area contributed by atoms with Crippen molar-refractivity contribution in [2.24, 2.45) is 11.3 Å². The number of nitrogens with zero attached hydrogens (tertiary/aromatic N) is 3. The molecule has 0 bridgehead atoms. The van der Waals surface area contributed by atoms with Crippen LogP contribution in [0.5, 0.6) is 5.88 Å².